The Morgan fingerprint density at radius 1 is 1.59 bits per heavy atom. The molecule has 0 aromatic rings. The highest BCUT2D eigenvalue weighted by atomic mass is 16.5. The van der Waals surface area contributed by atoms with Crippen molar-refractivity contribution in [2.45, 2.75) is 45.3 Å². The van der Waals surface area contributed by atoms with Crippen molar-refractivity contribution in [2.75, 3.05) is 19.8 Å². The van der Waals surface area contributed by atoms with E-state index in [1.807, 2.05) is 0 Å². The molecule has 1 rings (SSSR count). The van der Waals surface area contributed by atoms with Gasteiger partial charge < -0.3 is 14.8 Å². The average Bonchev–Trinajstić information content (AvgIpc) is 2.25. The predicted octanol–water partition coefficient (Wildman–Crippen LogP) is 1.65. The Balaban J connectivity index is 2.30. The summed E-state index contributed by atoms with van der Waals surface area (Å²) in [5.41, 5.74) is 0.400. The van der Waals surface area contributed by atoms with Gasteiger partial charge in [-0.15, -0.1) is 0 Å². The zero-order valence-corrected chi connectivity index (χ0v) is 11.0. The molecule has 4 nitrogen and oxygen atoms in total. The van der Waals surface area contributed by atoms with Crippen LogP contribution in [0.25, 0.3) is 0 Å². The maximum absolute atomic E-state index is 11.4. The summed E-state index contributed by atoms with van der Waals surface area (Å²) < 4.78 is 10.5. The Morgan fingerprint density at radius 2 is 2.29 bits per heavy atom. The lowest BCUT2D eigenvalue weighted by Crippen LogP contribution is -2.44. The third-order valence-corrected chi connectivity index (χ3v) is 2.87. The summed E-state index contributed by atoms with van der Waals surface area (Å²) in [5, 5.41) is 3.34. The second kappa shape index (κ2) is 6.17. The summed E-state index contributed by atoms with van der Waals surface area (Å²) in [7, 11) is 0. The highest BCUT2D eigenvalue weighted by Crippen LogP contribution is 2.23. The number of nitrogens with one attached hydrogen (secondary N) is 1. The average molecular weight is 241 g/mol. The minimum absolute atomic E-state index is 0.0822. The topological polar surface area (TPSA) is 47.6 Å². The van der Waals surface area contributed by atoms with E-state index in [1.165, 1.54) is 0 Å². The standard InChI is InChI=1S/C13H23NO3/c1-5-16-12(15)10(2)9-14-11-6-7-17-13(3,4)8-11/h11,14H,2,5-9H2,1,3-4H3. The third-order valence-electron chi connectivity index (χ3n) is 2.87. The molecule has 0 saturated carbocycles. The van der Waals surface area contributed by atoms with Crippen LogP contribution in [0.1, 0.15) is 33.6 Å². The van der Waals surface area contributed by atoms with E-state index in [2.05, 4.69) is 25.7 Å². The smallest absolute Gasteiger partial charge is 0.334 e. The maximum Gasteiger partial charge on any atom is 0.334 e. The number of carbonyl (C=O) groups is 1. The normalized spacial score (nSPS) is 23.1. The van der Waals surface area contributed by atoms with Gasteiger partial charge in [-0.2, -0.15) is 0 Å². The van der Waals surface area contributed by atoms with Crippen molar-refractivity contribution in [3.63, 3.8) is 0 Å². The molecule has 1 saturated heterocycles. The number of hydrogen-bond acceptors (Lipinski definition) is 4. The summed E-state index contributed by atoms with van der Waals surface area (Å²) in [4.78, 5) is 11.4. The molecule has 0 aliphatic carbocycles. The van der Waals surface area contributed by atoms with E-state index >= 15 is 0 Å². The van der Waals surface area contributed by atoms with E-state index in [0.717, 1.165) is 19.4 Å². The molecule has 0 spiro atoms. The molecule has 1 atom stereocenters. The van der Waals surface area contributed by atoms with Crippen LogP contribution in [0.15, 0.2) is 12.2 Å². The van der Waals surface area contributed by atoms with Crippen molar-refractivity contribution in [1.82, 2.24) is 5.32 Å². The van der Waals surface area contributed by atoms with Crippen molar-refractivity contribution >= 4 is 5.97 Å². The largest absolute Gasteiger partial charge is 0.463 e. The van der Waals surface area contributed by atoms with E-state index in [0.29, 0.717) is 24.8 Å². The van der Waals surface area contributed by atoms with Crippen LogP contribution in [-0.2, 0) is 14.3 Å². The minimum Gasteiger partial charge on any atom is -0.463 e. The summed E-state index contributed by atoms with van der Waals surface area (Å²) in [6, 6.07) is 0.380. The summed E-state index contributed by atoms with van der Waals surface area (Å²) >= 11 is 0. The molecule has 1 heterocycles. The molecule has 1 unspecified atom stereocenters. The van der Waals surface area contributed by atoms with E-state index in [4.69, 9.17) is 9.47 Å². The van der Waals surface area contributed by atoms with Crippen LogP contribution < -0.4 is 5.32 Å². The Bertz CT molecular complexity index is 286. The molecule has 0 amide bonds. The van der Waals surface area contributed by atoms with Crippen LogP contribution in [0.3, 0.4) is 0 Å². The number of esters is 1. The van der Waals surface area contributed by atoms with Crippen molar-refractivity contribution in [3.05, 3.63) is 12.2 Å². The molecule has 1 aliphatic heterocycles. The van der Waals surface area contributed by atoms with Crippen LogP contribution >= 0.6 is 0 Å². The van der Waals surface area contributed by atoms with Crippen LogP contribution in [0.2, 0.25) is 0 Å². The Morgan fingerprint density at radius 3 is 2.88 bits per heavy atom. The van der Waals surface area contributed by atoms with Crippen molar-refractivity contribution in [3.8, 4) is 0 Å². The lowest BCUT2D eigenvalue weighted by molar-refractivity contribution is -0.138. The van der Waals surface area contributed by atoms with Gasteiger partial charge in [0.2, 0.25) is 0 Å². The van der Waals surface area contributed by atoms with Crippen molar-refractivity contribution in [1.29, 1.82) is 0 Å². The molecule has 0 aromatic heterocycles. The van der Waals surface area contributed by atoms with Crippen molar-refractivity contribution < 1.29 is 14.3 Å². The minimum atomic E-state index is -0.314. The molecule has 1 fully saturated rings. The van der Waals surface area contributed by atoms with Gasteiger partial charge in [-0.3, -0.25) is 0 Å². The zero-order chi connectivity index (χ0) is 12.9. The Labute approximate surface area is 103 Å². The molecule has 0 bridgehead atoms. The van der Waals surface area contributed by atoms with Gasteiger partial charge in [0.1, 0.15) is 0 Å². The molecule has 0 radical (unpaired) electrons. The van der Waals surface area contributed by atoms with E-state index < -0.39 is 0 Å². The quantitative estimate of drug-likeness (QED) is 0.587. The van der Waals surface area contributed by atoms with Gasteiger partial charge in [-0.25, -0.2) is 4.79 Å². The Kier molecular flexibility index (Phi) is 5.15. The molecule has 1 aliphatic rings. The van der Waals surface area contributed by atoms with Gasteiger partial charge in [0.25, 0.3) is 0 Å². The number of ether oxygens (including phenoxy) is 2. The SMILES string of the molecule is C=C(CNC1CCOC(C)(C)C1)C(=O)OCC. The van der Waals surface area contributed by atoms with Gasteiger partial charge in [-0.1, -0.05) is 6.58 Å². The monoisotopic (exact) mass is 241 g/mol. The van der Waals surface area contributed by atoms with Crippen LogP contribution in [-0.4, -0.2) is 37.4 Å². The molecule has 4 heteroatoms. The highest BCUT2D eigenvalue weighted by Gasteiger charge is 2.28. The predicted molar refractivity (Wildman–Crippen MR) is 66.8 cm³/mol. The molecule has 98 valence electrons. The van der Waals surface area contributed by atoms with Crippen molar-refractivity contribution in [2.24, 2.45) is 0 Å². The van der Waals surface area contributed by atoms with Crippen LogP contribution in [0.4, 0.5) is 0 Å². The fraction of sp³-hybridized carbons (Fsp3) is 0.769. The summed E-state index contributed by atoms with van der Waals surface area (Å²) in [6.45, 7) is 11.3. The van der Waals surface area contributed by atoms with Gasteiger partial charge in [0.15, 0.2) is 0 Å². The van der Waals surface area contributed by atoms with E-state index in [9.17, 15) is 4.79 Å². The molecule has 17 heavy (non-hydrogen) atoms. The molecule has 0 aromatic carbocycles. The third kappa shape index (κ3) is 4.88. The van der Waals surface area contributed by atoms with Gasteiger partial charge in [0, 0.05) is 24.8 Å². The molecular weight excluding hydrogens is 218 g/mol. The first-order valence-corrected chi connectivity index (χ1v) is 6.17. The molecular formula is C13H23NO3. The van der Waals surface area contributed by atoms with Crippen LogP contribution in [0, 0.1) is 0 Å². The lowest BCUT2D eigenvalue weighted by Gasteiger charge is -2.36. The van der Waals surface area contributed by atoms with Gasteiger partial charge >= 0.3 is 5.97 Å². The number of hydrogen-bond donors (Lipinski definition) is 1. The highest BCUT2D eigenvalue weighted by molar-refractivity contribution is 5.88. The van der Waals surface area contributed by atoms with E-state index in [1.54, 1.807) is 6.92 Å². The van der Waals surface area contributed by atoms with Gasteiger partial charge in [-0.05, 0) is 33.6 Å². The van der Waals surface area contributed by atoms with Crippen LogP contribution in [0.5, 0.6) is 0 Å². The first kappa shape index (κ1) is 14.2. The number of carbonyl (C=O) groups excluding carboxylic acids is 1. The zero-order valence-electron chi connectivity index (χ0n) is 11.0. The Hall–Kier alpha value is -0.870. The second-order valence-corrected chi connectivity index (χ2v) is 5.00. The van der Waals surface area contributed by atoms with E-state index in [-0.39, 0.29) is 11.6 Å². The number of rotatable bonds is 5. The second-order valence-electron chi connectivity index (χ2n) is 5.00. The lowest BCUT2D eigenvalue weighted by atomic mass is 9.94. The maximum atomic E-state index is 11.4. The molecule has 1 N–H and O–H groups in total. The fourth-order valence-electron chi connectivity index (χ4n) is 1.98. The summed E-state index contributed by atoms with van der Waals surface area (Å²) in [6.07, 6.45) is 1.92. The first-order valence-electron chi connectivity index (χ1n) is 6.17. The van der Waals surface area contributed by atoms with Gasteiger partial charge in [0.05, 0.1) is 12.2 Å². The fourth-order valence-corrected chi connectivity index (χ4v) is 1.98. The first-order chi connectivity index (χ1) is 7.94. The summed E-state index contributed by atoms with van der Waals surface area (Å²) in [5.74, 6) is -0.314.